The van der Waals surface area contributed by atoms with Gasteiger partial charge in [0.1, 0.15) is 10.8 Å². The van der Waals surface area contributed by atoms with E-state index >= 15 is 0 Å². The molecule has 2 N–H and O–H groups in total. The Balaban J connectivity index is 1.81. The second kappa shape index (κ2) is 9.97. The van der Waals surface area contributed by atoms with Gasteiger partial charge < -0.3 is 15.5 Å². The van der Waals surface area contributed by atoms with Gasteiger partial charge in [0.05, 0.1) is 0 Å². The zero-order chi connectivity index (χ0) is 19.9. The predicted octanol–water partition coefficient (Wildman–Crippen LogP) is 3.60. The second-order valence-electron chi connectivity index (χ2n) is 7.44. The summed E-state index contributed by atoms with van der Waals surface area (Å²) >= 11 is 6.82. The molecule has 1 atom stereocenters. The molecule has 0 unspecified atom stereocenters. The number of piperidine rings is 1. The minimum atomic E-state index is 0.496. The van der Waals surface area contributed by atoms with Crippen LogP contribution in [0, 0.1) is 11.8 Å². The van der Waals surface area contributed by atoms with Crippen LogP contribution in [0.2, 0.25) is 0 Å². The number of rotatable bonds is 6. The number of nitrogens with one attached hydrogen (secondary N) is 2. The lowest BCUT2D eigenvalue weighted by Crippen LogP contribution is -2.35. The van der Waals surface area contributed by atoms with Crippen molar-refractivity contribution in [3.63, 3.8) is 0 Å². The molecule has 1 aliphatic heterocycles. The summed E-state index contributed by atoms with van der Waals surface area (Å²) in [5, 5.41) is 8.32. The van der Waals surface area contributed by atoms with Gasteiger partial charge in [-0.15, -0.1) is 0 Å². The number of hydrogen-bond donors (Lipinski definition) is 2. The van der Waals surface area contributed by atoms with E-state index in [0.717, 1.165) is 30.5 Å². The fourth-order valence-electron chi connectivity index (χ4n) is 2.95. The van der Waals surface area contributed by atoms with Crippen molar-refractivity contribution in [1.29, 1.82) is 0 Å². The van der Waals surface area contributed by atoms with Gasteiger partial charge in [0.25, 0.3) is 0 Å². The van der Waals surface area contributed by atoms with Crippen LogP contribution >= 0.6 is 24.0 Å². The van der Waals surface area contributed by atoms with Gasteiger partial charge in [0, 0.05) is 38.1 Å². The molecule has 1 fully saturated rings. The average molecular weight is 418 g/mol. The van der Waals surface area contributed by atoms with Crippen LogP contribution in [0.5, 0.6) is 0 Å². The Hall–Kier alpha value is -2.00. The number of aromatic nitrogens is 4. The SMILES string of the molecule is CC(C)CNC(=S)Nc1nc(Sc2ncccn2)cc(N2CCC[C@@H](C)C2)n1. The Bertz CT molecular complexity index is 785. The van der Waals surface area contributed by atoms with Crippen LogP contribution in [0.3, 0.4) is 0 Å². The summed E-state index contributed by atoms with van der Waals surface area (Å²) in [5.74, 6) is 2.57. The molecule has 28 heavy (non-hydrogen) atoms. The summed E-state index contributed by atoms with van der Waals surface area (Å²) in [6, 6.07) is 3.81. The van der Waals surface area contributed by atoms with E-state index in [-0.39, 0.29) is 0 Å². The monoisotopic (exact) mass is 417 g/mol. The van der Waals surface area contributed by atoms with Gasteiger partial charge in [-0.3, -0.25) is 0 Å². The van der Waals surface area contributed by atoms with E-state index in [1.54, 1.807) is 18.5 Å². The first-order chi connectivity index (χ1) is 13.5. The summed E-state index contributed by atoms with van der Waals surface area (Å²) in [4.78, 5) is 20.2. The van der Waals surface area contributed by atoms with Gasteiger partial charge in [-0.1, -0.05) is 20.8 Å². The lowest BCUT2D eigenvalue weighted by atomic mass is 10.0. The van der Waals surface area contributed by atoms with Gasteiger partial charge in [-0.2, -0.15) is 4.98 Å². The molecule has 0 aromatic carbocycles. The maximum Gasteiger partial charge on any atom is 0.232 e. The minimum Gasteiger partial charge on any atom is -0.362 e. The summed E-state index contributed by atoms with van der Waals surface area (Å²) in [5.41, 5.74) is 0. The molecule has 0 amide bonds. The largest absolute Gasteiger partial charge is 0.362 e. The predicted molar refractivity (Wildman–Crippen MR) is 118 cm³/mol. The first-order valence-electron chi connectivity index (χ1n) is 9.63. The van der Waals surface area contributed by atoms with Crippen LogP contribution in [-0.2, 0) is 0 Å². The van der Waals surface area contributed by atoms with E-state index in [1.807, 2.05) is 6.07 Å². The van der Waals surface area contributed by atoms with E-state index in [1.165, 1.54) is 24.6 Å². The summed E-state index contributed by atoms with van der Waals surface area (Å²) in [7, 11) is 0. The highest BCUT2D eigenvalue weighted by Crippen LogP contribution is 2.28. The Kier molecular flexibility index (Phi) is 7.38. The number of hydrogen-bond acceptors (Lipinski definition) is 7. The van der Waals surface area contributed by atoms with Gasteiger partial charge >= 0.3 is 0 Å². The van der Waals surface area contributed by atoms with Crippen LogP contribution in [-0.4, -0.2) is 44.7 Å². The molecule has 150 valence electrons. The second-order valence-corrected chi connectivity index (χ2v) is 8.84. The highest BCUT2D eigenvalue weighted by molar-refractivity contribution is 7.99. The first kappa shape index (κ1) is 20.7. The van der Waals surface area contributed by atoms with Crippen LogP contribution in [0.15, 0.2) is 34.7 Å². The minimum absolute atomic E-state index is 0.496. The van der Waals surface area contributed by atoms with E-state index in [9.17, 15) is 0 Å². The molecule has 2 aromatic rings. The van der Waals surface area contributed by atoms with E-state index in [0.29, 0.717) is 28.1 Å². The van der Waals surface area contributed by atoms with Crippen molar-refractivity contribution in [3.05, 3.63) is 24.5 Å². The molecule has 1 aliphatic rings. The third-order valence-corrected chi connectivity index (χ3v) is 5.36. The fourth-order valence-corrected chi connectivity index (χ4v) is 3.84. The highest BCUT2D eigenvalue weighted by atomic mass is 32.2. The van der Waals surface area contributed by atoms with E-state index in [4.69, 9.17) is 17.2 Å². The molecule has 0 radical (unpaired) electrons. The number of nitrogens with zero attached hydrogens (tertiary/aromatic N) is 5. The molecule has 2 aromatic heterocycles. The molecule has 1 saturated heterocycles. The molecule has 0 saturated carbocycles. The molecule has 3 rings (SSSR count). The zero-order valence-electron chi connectivity index (χ0n) is 16.6. The lowest BCUT2D eigenvalue weighted by Gasteiger charge is -2.32. The number of anilines is 2. The first-order valence-corrected chi connectivity index (χ1v) is 10.9. The Labute approximate surface area is 176 Å². The Morgan fingerprint density at radius 2 is 2.11 bits per heavy atom. The highest BCUT2D eigenvalue weighted by Gasteiger charge is 2.20. The summed E-state index contributed by atoms with van der Waals surface area (Å²) in [6.45, 7) is 9.36. The van der Waals surface area contributed by atoms with Crippen molar-refractivity contribution in [2.24, 2.45) is 11.8 Å². The Morgan fingerprint density at radius 3 is 2.82 bits per heavy atom. The molecular formula is C19H27N7S2. The van der Waals surface area contributed by atoms with Gasteiger partial charge in [0.2, 0.25) is 5.95 Å². The van der Waals surface area contributed by atoms with Crippen LogP contribution in [0.25, 0.3) is 0 Å². The van der Waals surface area contributed by atoms with Crippen molar-refractivity contribution >= 4 is 40.9 Å². The molecule has 0 aliphatic carbocycles. The van der Waals surface area contributed by atoms with Crippen molar-refractivity contribution < 1.29 is 0 Å². The molecule has 3 heterocycles. The standard InChI is InChI=1S/C19H27N7S2/c1-13(2)11-22-18(27)25-17-23-15(26-9-4-6-14(3)12-26)10-16(24-17)28-19-20-7-5-8-21-19/h5,7-8,10,13-14H,4,6,9,11-12H2,1-3H3,(H2,22,23,24,25,27)/t14-/m1/s1. The van der Waals surface area contributed by atoms with Crippen molar-refractivity contribution in [3.8, 4) is 0 Å². The summed E-state index contributed by atoms with van der Waals surface area (Å²) in [6.07, 6.45) is 5.89. The maximum absolute atomic E-state index is 5.40. The summed E-state index contributed by atoms with van der Waals surface area (Å²) < 4.78 is 0. The normalized spacial score (nSPS) is 16.9. The van der Waals surface area contributed by atoms with Crippen LogP contribution in [0.4, 0.5) is 11.8 Å². The zero-order valence-corrected chi connectivity index (χ0v) is 18.2. The third kappa shape index (κ3) is 6.27. The van der Waals surface area contributed by atoms with Gasteiger partial charge in [-0.05, 0) is 54.7 Å². The third-order valence-electron chi connectivity index (χ3n) is 4.30. The fraction of sp³-hybridized carbons (Fsp3) is 0.526. The lowest BCUT2D eigenvalue weighted by molar-refractivity contribution is 0.444. The van der Waals surface area contributed by atoms with Crippen molar-refractivity contribution in [1.82, 2.24) is 25.3 Å². The average Bonchev–Trinajstić information content (AvgIpc) is 2.67. The number of thiocarbonyl (C=S) groups is 1. The van der Waals surface area contributed by atoms with E-state index < -0.39 is 0 Å². The topological polar surface area (TPSA) is 78.9 Å². The Morgan fingerprint density at radius 1 is 1.32 bits per heavy atom. The molecule has 7 nitrogen and oxygen atoms in total. The smallest absolute Gasteiger partial charge is 0.232 e. The molecule has 0 bridgehead atoms. The quantitative estimate of drug-likeness (QED) is 0.416. The van der Waals surface area contributed by atoms with Crippen LogP contribution in [0.1, 0.15) is 33.6 Å². The molecule has 9 heteroatoms. The van der Waals surface area contributed by atoms with Crippen molar-refractivity contribution in [2.45, 2.75) is 43.8 Å². The molecular weight excluding hydrogens is 390 g/mol. The van der Waals surface area contributed by atoms with Crippen molar-refractivity contribution in [2.75, 3.05) is 29.9 Å². The molecule has 0 spiro atoms. The van der Waals surface area contributed by atoms with Gasteiger partial charge in [0.15, 0.2) is 10.3 Å². The maximum atomic E-state index is 5.40. The van der Waals surface area contributed by atoms with E-state index in [2.05, 4.69) is 51.3 Å². The van der Waals surface area contributed by atoms with Crippen LogP contribution < -0.4 is 15.5 Å². The van der Waals surface area contributed by atoms with Gasteiger partial charge in [-0.25, -0.2) is 15.0 Å².